The average molecular weight is 361 g/mol. The second-order valence-electron chi connectivity index (χ2n) is 5.54. The van der Waals surface area contributed by atoms with Crippen LogP contribution < -0.4 is 15.4 Å². The third-order valence-corrected chi connectivity index (χ3v) is 3.40. The van der Waals surface area contributed by atoms with Gasteiger partial charge in [-0.3, -0.25) is 0 Å². The van der Waals surface area contributed by atoms with E-state index in [1.165, 1.54) is 0 Å². The predicted molar refractivity (Wildman–Crippen MR) is 96.0 cm³/mol. The van der Waals surface area contributed by atoms with Crippen molar-refractivity contribution in [2.75, 3.05) is 38.4 Å². The van der Waals surface area contributed by atoms with E-state index >= 15 is 0 Å². The Morgan fingerprint density at radius 3 is 2.62 bits per heavy atom. The fourth-order valence-corrected chi connectivity index (χ4v) is 2.13. The van der Waals surface area contributed by atoms with Gasteiger partial charge in [-0.2, -0.15) is 15.0 Å². The van der Waals surface area contributed by atoms with E-state index in [1.807, 2.05) is 6.92 Å². The summed E-state index contributed by atoms with van der Waals surface area (Å²) in [7, 11) is 5.12. The zero-order valence-electron chi connectivity index (χ0n) is 15.4. The van der Waals surface area contributed by atoms with Gasteiger partial charge in [0.2, 0.25) is 11.9 Å². The summed E-state index contributed by atoms with van der Waals surface area (Å²) in [6.07, 6.45) is 0. The molecule has 0 aliphatic rings. The van der Waals surface area contributed by atoms with Crippen molar-refractivity contribution in [3.05, 3.63) is 35.2 Å². The Morgan fingerprint density at radius 2 is 1.96 bits per heavy atom. The lowest BCUT2D eigenvalue weighted by molar-refractivity contribution is 0.0461. The summed E-state index contributed by atoms with van der Waals surface area (Å²) < 4.78 is 16.0. The average Bonchev–Trinajstić information content (AvgIpc) is 2.63. The standard InChI is InChI=1S/C17H23N5O4/c1-5-25-9-12-8-11(6-7-13(12)24-4)15(23)26-10-14-19-16(18)21-17(20-14)22(2)3/h6-8H,5,9-10H2,1-4H3,(H2,18,19,20,21). The minimum absolute atomic E-state index is 0.0678. The van der Waals surface area contributed by atoms with Crippen molar-refractivity contribution in [3.63, 3.8) is 0 Å². The molecule has 2 N–H and O–H groups in total. The third kappa shape index (κ3) is 5.03. The van der Waals surface area contributed by atoms with Crippen LogP contribution in [0.2, 0.25) is 0 Å². The summed E-state index contributed by atoms with van der Waals surface area (Å²) in [4.78, 5) is 26.2. The highest BCUT2D eigenvalue weighted by molar-refractivity contribution is 5.89. The Morgan fingerprint density at radius 1 is 1.19 bits per heavy atom. The lowest BCUT2D eigenvalue weighted by atomic mass is 10.1. The summed E-state index contributed by atoms with van der Waals surface area (Å²) in [6.45, 7) is 2.69. The number of nitrogens with two attached hydrogens (primary N) is 1. The van der Waals surface area contributed by atoms with Gasteiger partial charge in [0, 0.05) is 26.3 Å². The predicted octanol–water partition coefficient (Wildman–Crippen LogP) is 1.42. The Bertz CT molecular complexity index is 767. The van der Waals surface area contributed by atoms with Gasteiger partial charge in [0.15, 0.2) is 12.4 Å². The van der Waals surface area contributed by atoms with E-state index in [9.17, 15) is 4.79 Å². The van der Waals surface area contributed by atoms with Crippen LogP contribution in [0.1, 0.15) is 28.7 Å². The normalized spacial score (nSPS) is 10.5. The number of ether oxygens (including phenoxy) is 3. The third-order valence-electron chi connectivity index (χ3n) is 3.40. The molecule has 140 valence electrons. The summed E-state index contributed by atoms with van der Waals surface area (Å²) in [5, 5.41) is 0. The molecule has 0 radical (unpaired) electrons. The molecule has 2 rings (SSSR count). The number of rotatable bonds is 8. The molecule has 1 aromatic carbocycles. The first-order chi connectivity index (χ1) is 12.4. The van der Waals surface area contributed by atoms with Crippen molar-refractivity contribution in [2.24, 2.45) is 0 Å². The molecule has 1 heterocycles. The number of carbonyl (C=O) groups excluding carboxylic acids is 1. The molecule has 0 saturated carbocycles. The number of nitrogen functional groups attached to an aromatic ring is 1. The van der Waals surface area contributed by atoms with Crippen LogP contribution in [0.25, 0.3) is 0 Å². The van der Waals surface area contributed by atoms with Crippen LogP contribution in [0, 0.1) is 0 Å². The maximum atomic E-state index is 12.3. The molecule has 9 nitrogen and oxygen atoms in total. The van der Waals surface area contributed by atoms with Crippen LogP contribution in [-0.2, 0) is 22.7 Å². The fraction of sp³-hybridized carbons (Fsp3) is 0.412. The maximum Gasteiger partial charge on any atom is 0.338 e. The molecule has 0 unspecified atom stereocenters. The molecule has 1 aromatic heterocycles. The monoisotopic (exact) mass is 361 g/mol. The highest BCUT2D eigenvalue weighted by Crippen LogP contribution is 2.21. The van der Waals surface area contributed by atoms with Crippen LogP contribution in [0.4, 0.5) is 11.9 Å². The SMILES string of the molecule is CCOCc1cc(C(=O)OCc2nc(N)nc(N(C)C)n2)ccc1OC. The minimum atomic E-state index is -0.504. The summed E-state index contributed by atoms with van der Waals surface area (Å²) in [6, 6.07) is 5.02. The zero-order chi connectivity index (χ0) is 19.1. The number of hydrogen-bond acceptors (Lipinski definition) is 9. The first-order valence-corrected chi connectivity index (χ1v) is 8.04. The quantitative estimate of drug-likeness (QED) is 0.697. The number of methoxy groups -OCH3 is 1. The van der Waals surface area contributed by atoms with Crippen molar-refractivity contribution >= 4 is 17.9 Å². The van der Waals surface area contributed by atoms with Gasteiger partial charge in [-0.15, -0.1) is 0 Å². The van der Waals surface area contributed by atoms with Crippen molar-refractivity contribution in [1.29, 1.82) is 0 Å². The fourth-order valence-electron chi connectivity index (χ4n) is 2.13. The number of carbonyl (C=O) groups is 1. The molecule has 0 aliphatic carbocycles. The van der Waals surface area contributed by atoms with Gasteiger partial charge >= 0.3 is 5.97 Å². The lowest BCUT2D eigenvalue weighted by Gasteiger charge is -2.12. The Balaban J connectivity index is 2.10. The van der Waals surface area contributed by atoms with Gasteiger partial charge in [-0.05, 0) is 25.1 Å². The van der Waals surface area contributed by atoms with Crippen LogP contribution >= 0.6 is 0 Å². The van der Waals surface area contributed by atoms with Crippen molar-refractivity contribution in [2.45, 2.75) is 20.1 Å². The van der Waals surface area contributed by atoms with Gasteiger partial charge in [0.25, 0.3) is 0 Å². The van der Waals surface area contributed by atoms with Gasteiger partial charge in [-0.25, -0.2) is 4.79 Å². The number of nitrogens with zero attached hydrogens (tertiary/aromatic N) is 4. The number of anilines is 2. The topological polar surface area (TPSA) is 113 Å². The van der Waals surface area contributed by atoms with Gasteiger partial charge in [0.1, 0.15) is 5.75 Å². The van der Waals surface area contributed by atoms with Crippen LogP contribution in [-0.4, -0.2) is 48.7 Å². The molecule has 0 spiro atoms. The number of esters is 1. The van der Waals surface area contributed by atoms with E-state index in [2.05, 4.69) is 15.0 Å². The number of benzene rings is 1. The molecule has 2 aromatic rings. The molecular formula is C17H23N5O4. The van der Waals surface area contributed by atoms with E-state index in [4.69, 9.17) is 19.9 Å². The van der Waals surface area contributed by atoms with Crippen LogP contribution in [0.5, 0.6) is 5.75 Å². The number of hydrogen-bond donors (Lipinski definition) is 1. The van der Waals surface area contributed by atoms with E-state index < -0.39 is 5.97 Å². The molecule has 0 saturated heterocycles. The Hall–Kier alpha value is -2.94. The largest absolute Gasteiger partial charge is 0.496 e. The molecule has 0 amide bonds. The summed E-state index contributed by atoms with van der Waals surface area (Å²) in [5.41, 5.74) is 6.81. The molecule has 9 heteroatoms. The molecule has 0 atom stereocenters. The highest BCUT2D eigenvalue weighted by atomic mass is 16.5. The second-order valence-corrected chi connectivity index (χ2v) is 5.54. The van der Waals surface area contributed by atoms with Crippen molar-refractivity contribution in [3.8, 4) is 5.75 Å². The van der Waals surface area contributed by atoms with Crippen molar-refractivity contribution in [1.82, 2.24) is 15.0 Å². The second kappa shape index (κ2) is 8.95. The summed E-state index contributed by atoms with van der Waals surface area (Å²) in [5.74, 6) is 0.884. The Labute approximate surface area is 152 Å². The van der Waals surface area contributed by atoms with E-state index in [1.54, 1.807) is 44.3 Å². The molecule has 0 aliphatic heterocycles. The first kappa shape index (κ1) is 19.4. The Kier molecular flexibility index (Phi) is 6.67. The molecule has 0 fully saturated rings. The van der Waals surface area contributed by atoms with Crippen LogP contribution in [0.15, 0.2) is 18.2 Å². The molecule has 26 heavy (non-hydrogen) atoms. The number of aromatic nitrogens is 3. The van der Waals surface area contributed by atoms with E-state index in [0.717, 1.165) is 5.56 Å². The van der Waals surface area contributed by atoms with E-state index in [0.29, 0.717) is 30.5 Å². The lowest BCUT2D eigenvalue weighted by Crippen LogP contribution is -2.17. The zero-order valence-corrected chi connectivity index (χ0v) is 15.4. The summed E-state index contributed by atoms with van der Waals surface area (Å²) >= 11 is 0. The van der Waals surface area contributed by atoms with Gasteiger partial charge in [-0.1, -0.05) is 0 Å². The molecular weight excluding hydrogens is 338 g/mol. The smallest absolute Gasteiger partial charge is 0.338 e. The van der Waals surface area contributed by atoms with Gasteiger partial charge in [0.05, 0.1) is 19.3 Å². The highest BCUT2D eigenvalue weighted by Gasteiger charge is 2.14. The first-order valence-electron chi connectivity index (χ1n) is 8.04. The molecule has 0 bridgehead atoms. The van der Waals surface area contributed by atoms with Crippen molar-refractivity contribution < 1.29 is 19.0 Å². The van der Waals surface area contributed by atoms with Crippen LogP contribution in [0.3, 0.4) is 0 Å². The van der Waals surface area contributed by atoms with Gasteiger partial charge < -0.3 is 24.8 Å². The maximum absolute atomic E-state index is 12.3. The van der Waals surface area contributed by atoms with E-state index in [-0.39, 0.29) is 18.4 Å². The minimum Gasteiger partial charge on any atom is -0.496 e.